The summed E-state index contributed by atoms with van der Waals surface area (Å²) in [5.41, 5.74) is 2.80. The third kappa shape index (κ3) is 3.32. The van der Waals surface area contributed by atoms with Crippen molar-refractivity contribution in [3.05, 3.63) is 96.6 Å². The maximum Gasteiger partial charge on any atom is 0.268 e. The Morgan fingerprint density at radius 3 is 1.97 bits per heavy atom. The van der Waals surface area contributed by atoms with Gasteiger partial charge in [-0.25, -0.2) is 0 Å². The second-order valence-electron chi connectivity index (χ2n) is 6.10. The van der Waals surface area contributed by atoms with Crippen molar-refractivity contribution in [2.75, 3.05) is 0 Å². The van der Waals surface area contributed by atoms with Crippen LogP contribution in [-0.4, -0.2) is 30.1 Å². The van der Waals surface area contributed by atoms with E-state index in [1.807, 2.05) is 91.0 Å². The zero-order valence-electron chi connectivity index (χ0n) is 15.2. The number of hydrogen-bond acceptors (Lipinski definition) is 5. The Morgan fingerprint density at radius 1 is 0.724 bits per heavy atom. The van der Waals surface area contributed by atoms with E-state index in [9.17, 15) is 0 Å². The van der Waals surface area contributed by atoms with Crippen LogP contribution < -0.4 is 15.5 Å². The Balaban J connectivity index is 1.69. The van der Waals surface area contributed by atoms with Gasteiger partial charge in [-0.1, -0.05) is 59.4 Å². The molecule has 0 bridgehead atoms. The molecule has 0 atom stereocenters. The number of hydrogen-bond donors (Lipinski definition) is 0. The van der Waals surface area contributed by atoms with Crippen molar-refractivity contribution in [2.45, 2.75) is 0 Å². The Labute approximate surface area is 165 Å². The van der Waals surface area contributed by atoms with Crippen molar-refractivity contribution < 1.29 is 4.80 Å². The standard InChI is InChI=1S/C20H15N9/c1-4-10-16(11-5-1)27-19(22-24-25-27)21-20-23-29(18-14-8-3-9-15-18)26-28(20)17-12-6-2-7-13-17/h1-15H/b21-20+. The van der Waals surface area contributed by atoms with E-state index < -0.39 is 0 Å². The van der Waals surface area contributed by atoms with Crippen LogP contribution in [0.15, 0.2) is 96.0 Å². The fraction of sp³-hybridized carbons (Fsp3) is 0. The summed E-state index contributed by atoms with van der Waals surface area (Å²) in [6.45, 7) is 0. The topological polar surface area (TPSA) is 91.8 Å². The van der Waals surface area contributed by atoms with Gasteiger partial charge in [-0.15, -0.1) is 14.9 Å². The molecule has 0 spiro atoms. The van der Waals surface area contributed by atoms with Crippen molar-refractivity contribution in [2.24, 2.45) is 4.99 Å². The number of tetrazole rings is 2. The van der Waals surface area contributed by atoms with E-state index in [2.05, 4.69) is 30.8 Å². The molecule has 3 aromatic carbocycles. The summed E-state index contributed by atoms with van der Waals surface area (Å²) in [6, 6.07) is 28.9. The predicted molar refractivity (Wildman–Crippen MR) is 103 cm³/mol. The third-order valence-corrected chi connectivity index (χ3v) is 4.19. The minimum Gasteiger partial charge on any atom is -0.250 e. The van der Waals surface area contributed by atoms with Crippen molar-refractivity contribution in [3.8, 4) is 17.1 Å². The Hall–Kier alpha value is -4.40. The van der Waals surface area contributed by atoms with E-state index in [0.717, 1.165) is 17.1 Å². The van der Waals surface area contributed by atoms with E-state index in [0.29, 0.717) is 11.6 Å². The summed E-state index contributed by atoms with van der Waals surface area (Å²) in [5.74, 6) is 0.306. The van der Waals surface area contributed by atoms with Crippen LogP contribution in [0.2, 0.25) is 0 Å². The second kappa shape index (κ2) is 7.31. The first-order chi connectivity index (χ1) is 14.4. The molecule has 0 amide bonds. The van der Waals surface area contributed by atoms with Gasteiger partial charge in [0.2, 0.25) is 5.95 Å². The van der Waals surface area contributed by atoms with Gasteiger partial charge in [0.25, 0.3) is 5.62 Å². The van der Waals surface area contributed by atoms with Gasteiger partial charge in [0, 0.05) is 5.21 Å². The van der Waals surface area contributed by atoms with Gasteiger partial charge in [-0.2, -0.15) is 4.68 Å². The van der Waals surface area contributed by atoms with Gasteiger partial charge in [0.15, 0.2) is 5.69 Å². The first-order valence-corrected chi connectivity index (χ1v) is 8.94. The number of para-hydroxylation sites is 3. The molecular formula is C20H15N9. The maximum atomic E-state index is 4.60. The van der Waals surface area contributed by atoms with Gasteiger partial charge in [0.05, 0.1) is 5.69 Å². The lowest BCUT2D eigenvalue weighted by Crippen LogP contribution is -2.40. The van der Waals surface area contributed by atoms with Gasteiger partial charge < -0.3 is 0 Å². The van der Waals surface area contributed by atoms with Crippen LogP contribution in [0.1, 0.15) is 0 Å². The second-order valence-corrected chi connectivity index (χ2v) is 6.10. The van der Waals surface area contributed by atoms with Crippen LogP contribution in [0.5, 0.6) is 0 Å². The Morgan fingerprint density at radius 2 is 1.31 bits per heavy atom. The van der Waals surface area contributed by atoms with Gasteiger partial charge in [-0.05, 0) is 46.8 Å². The van der Waals surface area contributed by atoms with E-state index >= 15 is 0 Å². The molecule has 0 aliphatic heterocycles. The average molecular weight is 381 g/mol. The SMILES string of the molecule is c1ccc(-n2nnnc2/N=c2\[n-][n+](-c3ccccc3)nn2-c2ccccc2)cc1. The molecular weight excluding hydrogens is 366 g/mol. The Kier molecular flexibility index (Phi) is 4.22. The fourth-order valence-corrected chi connectivity index (χ4v) is 2.83. The molecule has 0 aliphatic rings. The molecule has 2 heterocycles. The quantitative estimate of drug-likeness (QED) is 0.438. The number of rotatable bonds is 4. The van der Waals surface area contributed by atoms with Crippen molar-refractivity contribution in [1.82, 2.24) is 35.2 Å². The molecule has 140 valence electrons. The number of nitrogens with zero attached hydrogens (tertiary/aromatic N) is 9. The molecule has 0 N–H and O–H groups in total. The van der Waals surface area contributed by atoms with E-state index in [1.165, 1.54) is 4.80 Å². The molecule has 9 nitrogen and oxygen atoms in total. The molecule has 5 aromatic rings. The van der Waals surface area contributed by atoms with Crippen LogP contribution in [0.3, 0.4) is 0 Å². The summed E-state index contributed by atoms with van der Waals surface area (Å²) < 4.78 is 3.20. The molecule has 0 saturated carbocycles. The zero-order valence-corrected chi connectivity index (χ0v) is 15.2. The molecule has 2 aromatic heterocycles. The predicted octanol–water partition coefficient (Wildman–Crippen LogP) is 1.31. The Bertz CT molecular complexity index is 1290. The normalized spacial score (nSPS) is 11.7. The lowest BCUT2D eigenvalue weighted by Gasteiger charge is -2.01. The molecule has 5 rings (SSSR count). The van der Waals surface area contributed by atoms with Crippen LogP contribution in [-0.2, 0) is 0 Å². The van der Waals surface area contributed by atoms with E-state index in [4.69, 9.17) is 0 Å². The molecule has 0 unspecified atom stereocenters. The molecule has 0 radical (unpaired) electrons. The highest BCUT2D eigenvalue weighted by molar-refractivity contribution is 5.35. The van der Waals surface area contributed by atoms with Crippen LogP contribution in [0.4, 0.5) is 5.95 Å². The highest BCUT2D eigenvalue weighted by atomic mass is 15.6. The summed E-state index contributed by atoms with van der Waals surface area (Å²) >= 11 is 0. The van der Waals surface area contributed by atoms with Crippen LogP contribution in [0, 0.1) is 0 Å². The summed E-state index contributed by atoms with van der Waals surface area (Å²) in [5, 5.41) is 21.0. The van der Waals surface area contributed by atoms with Crippen molar-refractivity contribution in [3.63, 3.8) is 0 Å². The monoisotopic (exact) mass is 381 g/mol. The van der Waals surface area contributed by atoms with Crippen molar-refractivity contribution in [1.29, 1.82) is 0 Å². The van der Waals surface area contributed by atoms with Crippen LogP contribution in [0.25, 0.3) is 17.1 Å². The highest BCUT2D eigenvalue weighted by Crippen LogP contribution is 2.12. The molecule has 0 saturated heterocycles. The summed E-state index contributed by atoms with van der Waals surface area (Å²) in [4.78, 5) is 6.13. The largest absolute Gasteiger partial charge is 0.268 e. The van der Waals surface area contributed by atoms with E-state index in [1.54, 1.807) is 9.36 Å². The van der Waals surface area contributed by atoms with Gasteiger partial charge in [0.1, 0.15) is 5.69 Å². The van der Waals surface area contributed by atoms with E-state index in [-0.39, 0.29) is 0 Å². The lowest BCUT2D eigenvalue weighted by molar-refractivity contribution is -0.723. The average Bonchev–Trinajstić information content (AvgIpc) is 3.43. The summed E-state index contributed by atoms with van der Waals surface area (Å²) in [7, 11) is 0. The maximum absolute atomic E-state index is 4.60. The molecule has 9 heteroatoms. The minimum absolute atomic E-state index is 0.306. The smallest absolute Gasteiger partial charge is 0.250 e. The first kappa shape index (κ1) is 16.8. The zero-order chi connectivity index (χ0) is 19.5. The number of benzene rings is 3. The molecule has 0 fully saturated rings. The molecule has 29 heavy (non-hydrogen) atoms. The highest BCUT2D eigenvalue weighted by Gasteiger charge is 2.12. The summed E-state index contributed by atoms with van der Waals surface area (Å²) in [6.07, 6.45) is 0. The third-order valence-electron chi connectivity index (χ3n) is 4.19. The fourth-order valence-electron chi connectivity index (χ4n) is 2.83. The first-order valence-electron chi connectivity index (χ1n) is 8.94. The van der Waals surface area contributed by atoms with Crippen molar-refractivity contribution >= 4 is 5.95 Å². The lowest BCUT2D eigenvalue weighted by atomic mass is 10.3. The van der Waals surface area contributed by atoms with Gasteiger partial charge in [-0.3, -0.25) is 4.99 Å². The van der Waals surface area contributed by atoms with Crippen LogP contribution >= 0.6 is 0 Å². The molecule has 0 aliphatic carbocycles. The minimum atomic E-state index is 0.306. The number of aromatic nitrogens is 8. The van der Waals surface area contributed by atoms with Gasteiger partial charge >= 0.3 is 0 Å².